The summed E-state index contributed by atoms with van der Waals surface area (Å²) < 4.78 is 5.73. The van der Waals surface area contributed by atoms with Gasteiger partial charge in [-0.3, -0.25) is 9.88 Å². The Labute approximate surface area is 96.8 Å². The summed E-state index contributed by atoms with van der Waals surface area (Å²) >= 11 is 0. The molecule has 2 heterocycles. The molecule has 0 saturated carbocycles. The third-order valence-corrected chi connectivity index (χ3v) is 3.06. The fourth-order valence-electron chi connectivity index (χ4n) is 1.91. The Morgan fingerprint density at radius 2 is 2.31 bits per heavy atom. The van der Waals surface area contributed by atoms with Gasteiger partial charge < -0.3 is 9.64 Å². The molecular weight excluding hydrogens is 202 g/mol. The maximum absolute atomic E-state index is 5.73. The Hall–Kier alpha value is -1.13. The molecule has 0 radical (unpaired) electrons. The maximum Gasteiger partial charge on any atom is 0.137 e. The van der Waals surface area contributed by atoms with Crippen LogP contribution in [0.2, 0.25) is 0 Å². The summed E-state index contributed by atoms with van der Waals surface area (Å²) in [6, 6.07) is 4.31. The second-order valence-corrected chi connectivity index (χ2v) is 4.40. The molecule has 1 fully saturated rings. The highest BCUT2D eigenvalue weighted by molar-refractivity contribution is 5.15. The van der Waals surface area contributed by atoms with E-state index >= 15 is 0 Å². The van der Waals surface area contributed by atoms with E-state index in [-0.39, 0.29) is 0 Å². The first-order chi connectivity index (χ1) is 7.75. The molecule has 1 unspecified atom stereocenters. The van der Waals surface area contributed by atoms with Gasteiger partial charge in [-0.15, -0.1) is 0 Å². The first kappa shape index (κ1) is 11.4. The minimum atomic E-state index is 0.471. The molecular formula is C12H19N3O. The van der Waals surface area contributed by atoms with Gasteiger partial charge in [0, 0.05) is 25.8 Å². The van der Waals surface area contributed by atoms with Crippen molar-refractivity contribution in [2.24, 2.45) is 0 Å². The number of pyridine rings is 1. The largest absolute Gasteiger partial charge is 0.490 e. The molecule has 0 amide bonds. The zero-order valence-electron chi connectivity index (χ0n) is 9.97. The van der Waals surface area contributed by atoms with Crippen LogP contribution in [0.25, 0.3) is 0 Å². The molecule has 0 N–H and O–H groups in total. The summed E-state index contributed by atoms with van der Waals surface area (Å²) in [5.41, 5.74) is 0. The van der Waals surface area contributed by atoms with Crippen molar-refractivity contribution in [2.45, 2.75) is 6.04 Å². The molecule has 1 aromatic rings. The van der Waals surface area contributed by atoms with E-state index in [0.717, 1.165) is 32.0 Å². The lowest BCUT2D eigenvalue weighted by molar-refractivity contribution is 0.0780. The van der Waals surface area contributed by atoms with Gasteiger partial charge in [0.2, 0.25) is 0 Å². The van der Waals surface area contributed by atoms with E-state index in [9.17, 15) is 0 Å². The Balaban J connectivity index is 1.85. The average Bonchev–Trinajstić information content (AvgIpc) is 2.32. The van der Waals surface area contributed by atoms with Crippen molar-refractivity contribution < 1.29 is 4.74 Å². The topological polar surface area (TPSA) is 28.6 Å². The predicted octanol–water partition coefficient (Wildman–Crippen LogP) is 0.706. The minimum absolute atomic E-state index is 0.471. The van der Waals surface area contributed by atoms with Crippen LogP contribution in [-0.2, 0) is 0 Å². The van der Waals surface area contributed by atoms with Gasteiger partial charge in [-0.05, 0) is 26.2 Å². The van der Waals surface area contributed by atoms with Crippen LogP contribution in [0.15, 0.2) is 24.5 Å². The van der Waals surface area contributed by atoms with Crippen LogP contribution in [-0.4, -0.2) is 61.2 Å². The molecule has 1 aliphatic heterocycles. The van der Waals surface area contributed by atoms with E-state index in [1.807, 2.05) is 12.1 Å². The van der Waals surface area contributed by atoms with Crippen molar-refractivity contribution in [1.29, 1.82) is 0 Å². The lowest BCUT2D eigenvalue weighted by Crippen LogP contribution is -2.52. The number of hydrogen-bond acceptors (Lipinski definition) is 4. The smallest absolute Gasteiger partial charge is 0.137 e. The summed E-state index contributed by atoms with van der Waals surface area (Å²) in [6.45, 7) is 4.04. The predicted molar refractivity (Wildman–Crippen MR) is 63.6 cm³/mol. The first-order valence-corrected chi connectivity index (χ1v) is 5.67. The fourth-order valence-corrected chi connectivity index (χ4v) is 1.91. The van der Waals surface area contributed by atoms with Gasteiger partial charge in [-0.1, -0.05) is 0 Å². The molecule has 1 saturated heterocycles. The molecule has 4 nitrogen and oxygen atoms in total. The molecule has 2 rings (SSSR count). The van der Waals surface area contributed by atoms with Gasteiger partial charge in [0.25, 0.3) is 0 Å². The van der Waals surface area contributed by atoms with Gasteiger partial charge in [0.15, 0.2) is 0 Å². The van der Waals surface area contributed by atoms with E-state index in [4.69, 9.17) is 4.74 Å². The van der Waals surface area contributed by atoms with E-state index in [2.05, 4.69) is 28.9 Å². The van der Waals surface area contributed by atoms with Crippen LogP contribution in [0.1, 0.15) is 0 Å². The van der Waals surface area contributed by atoms with Gasteiger partial charge in [-0.2, -0.15) is 0 Å². The van der Waals surface area contributed by atoms with Crippen LogP contribution in [0.4, 0.5) is 0 Å². The summed E-state index contributed by atoms with van der Waals surface area (Å²) in [7, 11) is 4.31. The summed E-state index contributed by atoms with van der Waals surface area (Å²) in [5.74, 6) is 0.851. The van der Waals surface area contributed by atoms with Crippen LogP contribution in [0.5, 0.6) is 5.75 Å². The van der Waals surface area contributed by atoms with E-state index in [1.165, 1.54) is 0 Å². The number of piperazine rings is 1. The number of rotatable bonds is 3. The normalized spacial score (nSPS) is 23.2. The third kappa shape index (κ3) is 2.93. The molecule has 4 heteroatoms. The Kier molecular flexibility index (Phi) is 3.74. The molecule has 1 aromatic heterocycles. The molecule has 0 aliphatic carbocycles. The summed E-state index contributed by atoms with van der Waals surface area (Å²) in [5, 5.41) is 0. The number of ether oxygens (including phenoxy) is 1. The van der Waals surface area contributed by atoms with E-state index in [1.54, 1.807) is 12.4 Å². The minimum Gasteiger partial charge on any atom is -0.490 e. The highest BCUT2D eigenvalue weighted by Crippen LogP contribution is 2.10. The van der Waals surface area contributed by atoms with Crippen LogP contribution in [0.3, 0.4) is 0 Å². The van der Waals surface area contributed by atoms with Gasteiger partial charge in [-0.25, -0.2) is 0 Å². The zero-order chi connectivity index (χ0) is 11.4. The number of nitrogens with zero attached hydrogens (tertiary/aromatic N) is 3. The Morgan fingerprint density at radius 1 is 1.44 bits per heavy atom. The van der Waals surface area contributed by atoms with Crippen molar-refractivity contribution >= 4 is 0 Å². The lowest BCUT2D eigenvalue weighted by atomic mass is 10.2. The second-order valence-electron chi connectivity index (χ2n) is 4.40. The van der Waals surface area contributed by atoms with Crippen molar-refractivity contribution in [1.82, 2.24) is 14.8 Å². The molecule has 88 valence electrons. The van der Waals surface area contributed by atoms with E-state index in [0.29, 0.717) is 6.04 Å². The average molecular weight is 221 g/mol. The number of hydrogen-bond donors (Lipinski definition) is 0. The molecule has 1 aliphatic rings. The van der Waals surface area contributed by atoms with Crippen molar-refractivity contribution in [2.75, 3.05) is 40.3 Å². The van der Waals surface area contributed by atoms with Crippen molar-refractivity contribution in [3.63, 3.8) is 0 Å². The van der Waals surface area contributed by atoms with Crippen LogP contribution >= 0.6 is 0 Å². The number of aromatic nitrogens is 1. The standard InChI is InChI=1S/C12H19N3O/c1-14-6-7-15(2)11(9-14)10-16-12-4-3-5-13-8-12/h3-5,8,11H,6-7,9-10H2,1-2H3. The van der Waals surface area contributed by atoms with Gasteiger partial charge >= 0.3 is 0 Å². The monoisotopic (exact) mass is 221 g/mol. The summed E-state index contributed by atoms with van der Waals surface area (Å²) in [6.07, 6.45) is 3.51. The zero-order valence-corrected chi connectivity index (χ0v) is 9.97. The SMILES string of the molecule is CN1CCN(C)C(COc2cccnc2)C1. The summed E-state index contributed by atoms with van der Waals surface area (Å²) in [4.78, 5) is 8.74. The highest BCUT2D eigenvalue weighted by Gasteiger charge is 2.22. The quantitative estimate of drug-likeness (QED) is 0.751. The van der Waals surface area contributed by atoms with E-state index < -0.39 is 0 Å². The molecule has 0 aromatic carbocycles. The van der Waals surface area contributed by atoms with Crippen LogP contribution < -0.4 is 4.74 Å². The maximum atomic E-state index is 5.73. The second kappa shape index (κ2) is 5.27. The Bertz CT molecular complexity index is 317. The van der Waals surface area contributed by atoms with Crippen molar-refractivity contribution in [3.05, 3.63) is 24.5 Å². The first-order valence-electron chi connectivity index (χ1n) is 5.67. The fraction of sp³-hybridized carbons (Fsp3) is 0.583. The molecule has 16 heavy (non-hydrogen) atoms. The Morgan fingerprint density at radius 3 is 3.06 bits per heavy atom. The van der Waals surface area contributed by atoms with Crippen LogP contribution in [0, 0.1) is 0 Å². The van der Waals surface area contributed by atoms with Gasteiger partial charge in [0.05, 0.1) is 12.2 Å². The molecule has 0 spiro atoms. The molecule has 0 bridgehead atoms. The van der Waals surface area contributed by atoms with Gasteiger partial charge in [0.1, 0.15) is 12.4 Å². The molecule has 1 atom stereocenters. The lowest BCUT2D eigenvalue weighted by Gasteiger charge is -2.37. The van der Waals surface area contributed by atoms with Crippen molar-refractivity contribution in [3.8, 4) is 5.75 Å². The highest BCUT2D eigenvalue weighted by atomic mass is 16.5. The number of likely N-dealkylation sites (N-methyl/N-ethyl adjacent to an activating group) is 2. The third-order valence-electron chi connectivity index (χ3n) is 3.06.